The van der Waals surface area contributed by atoms with E-state index in [-0.39, 0.29) is 12.5 Å². The molecule has 0 aliphatic heterocycles. The number of rotatable bonds is 4. The molecule has 1 aromatic carbocycles. The molecule has 0 aliphatic rings. The van der Waals surface area contributed by atoms with Gasteiger partial charge in [-0.3, -0.25) is 9.59 Å². The fourth-order valence-corrected chi connectivity index (χ4v) is 1.60. The van der Waals surface area contributed by atoms with Gasteiger partial charge in [-0.15, -0.1) is 0 Å². The maximum Gasteiger partial charge on any atom is 0.325 e. The molecule has 0 spiro atoms. The molecule has 0 atom stereocenters. The first-order valence-corrected chi connectivity index (χ1v) is 6.10. The van der Waals surface area contributed by atoms with Gasteiger partial charge in [0, 0.05) is 10.0 Å². The maximum absolute atomic E-state index is 11.6. The number of benzene rings is 1. The van der Waals surface area contributed by atoms with Crippen LogP contribution in [-0.4, -0.2) is 25.0 Å². The highest BCUT2D eigenvalue weighted by atomic mass is 79.9. The second kappa shape index (κ2) is 6.61. The molecule has 0 radical (unpaired) electrons. The first kappa shape index (κ1) is 14.0. The second-order valence-electron chi connectivity index (χ2n) is 3.12. The third-order valence-corrected chi connectivity index (χ3v) is 3.09. The summed E-state index contributed by atoms with van der Waals surface area (Å²) in [6.45, 7) is 1.85. The molecule has 4 nitrogen and oxygen atoms in total. The summed E-state index contributed by atoms with van der Waals surface area (Å²) in [6.07, 6.45) is 0. The third-order valence-electron chi connectivity index (χ3n) is 1.88. The number of hydrogen-bond acceptors (Lipinski definition) is 3. The van der Waals surface area contributed by atoms with Crippen LogP contribution < -0.4 is 5.32 Å². The zero-order valence-corrected chi connectivity index (χ0v) is 11.5. The minimum Gasteiger partial charge on any atom is -0.465 e. The maximum atomic E-state index is 11.6. The molecule has 1 N–H and O–H groups in total. The molecule has 92 valence electrons. The van der Waals surface area contributed by atoms with Crippen LogP contribution in [0.5, 0.6) is 0 Å². The molecule has 0 heterocycles. The lowest BCUT2D eigenvalue weighted by Gasteiger charge is -2.05. The Kier molecular flexibility index (Phi) is 5.44. The van der Waals surface area contributed by atoms with Gasteiger partial charge >= 0.3 is 5.97 Å². The van der Waals surface area contributed by atoms with E-state index in [2.05, 4.69) is 26.0 Å². The summed E-state index contributed by atoms with van der Waals surface area (Å²) >= 11 is 9.02. The standard InChI is InChI=1S/C11H11BrClNO3/c1-2-17-10(15)6-14-11(16)7-3-4-9(13)8(12)5-7/h3-5H,2,6H2,1H3,(H,14,16). The summed E-state index contributed by atoms with van der Waals surface area (Å²) in [5.74, 6) is -0.815. The van der Waals surface area contributed by atoms with Crippen molar-refractivity contribution in [2.75, 3.05) is 13.2 Å². The average molecular weight is 321 g/mol. The van der Waals surface area contributed by atoms with Crippen molar-refractivity contribution in [1.29, 1.82) is 0 Å². The van der Waals surface area contributed by atoms with E-state index in [0.29, 0.717) is 21.7 Å². The van der Waals surface area contributed by atoms with E-state index in [9.17, 15) is 9.59 Å². The number of carbonyl (C=O) groups is 2. The Hall–Kier alpha value is -1.07. The predicted octanol–water partition coefficient (Wildman–Crippen LogP) is 2.40. The van der Waals surface area contributed by atoms with Crippen molar-refractivity contribution in [3.63, 3.8) is 0 Å². The van der Waals surface area contributed by atoms with Crippen LogP contribution in [0.15, 0.2) is 22.7 Å². The lowest BCUT2D eigenvalue weighted by Crippen LogP contribution is -2.30. The molecule has 0 saturated heterocycles. The number of hydrogen-bond donors (Lipinski definition) is 1. The lowest BCUT2D eigenvalue weighted by atomic mass is 10.2. The van der Waals surface area contributed by atoms with Crippen LogP contribution in [0.2, 0.25) is 5.02 Å². The number of halogens is 2. The Bertz CT molecular complexity index is 437. The highest BCUT2D eigenvalue weighted by Crippen LogP contribution is 2.23. The van der Waals surface area contributed by atoms with Gasteiger partial charge in [0.2, 0.25) is 0 Å². The zero-order chi connectivity index (χ0) is 12.8. The van der Waals surface area contributed by atoms with Crippen LogP contribution >= 0.6 is 27.5 Å². The van der Waals surface area contributed by atoms with E-state index >= 15 is 0 Å². The van der Waals surface area contributed by atoms with Crippen molar-refractivity contribution in [3.05, 3.63) is 33.3 Å². The van der Waals surface area contributed by atoms with E-state index in [0.717, 1.165) is 0 Å². The molecule has 1 aromatic rings. The van der Waals surface area contributed by atoms with Gasteiger partial charge in [-0.25, -0.2) is 0 Å². The number of amides is 1. The topological polar surface area (TPSA) is 55.4 Å². The van der Waals surface area contributed by atoms with Gasteiger partial charge in [-0.2, -0.15) is 0 Å². The normalized spacial score (nSPS) is 9.82. The Morgan fingerprint density at radius 3 is 2.76 bits per heavy atom. The molecule has 1 rings (SSSR count). The quantitative estimate of drug-likeness (QED) is 0.867. The van der Waals surface area contributed by atoms with E-state index in [1.807, 2.05) is 0 Å². The van der Waals surface area contributed by atoms with Crippen LogP contribution in [0.1, 0.15) is 17.3 Å². The molecule has 0 unspecified atom stereocenters. The van der Waals surface area contributed by atoms with Gasteiger partial charge in [-0.1, -0.05) is 11.6 Å². The Morgan fingerprint density at radius 2 is 2.18 bits per heavy atom. The van der Waals surface area contributed by atoms with Crippen molar-refractivity contribution >= 4 is 39.4 Å². The third kappa shape index (κ3) is 4.36. The van der Waals surface area contributed by atoms with Gasteiger partial charge in [0.25, 0.3) is 5.91 Å². The van der Waals surface area contributed by atoms with E-state index in [1.165, 1.54) is 0 Å². The van der Waals surface area contributed by atoms with Crippen molar-refractivity contribution in [2.24, 2.45) is 0 Å². The molecular weight excluding hydrogens is 309 g/mol. The Labute approximate surface area is 112 Å². The second-order valence-corrected chi connectivity index (χ2v) is 4.38. The minimum absolute atomic E-state index is 0.146. The highest BCUT2D eigenvalue weighted by Gasteiger charge is 2.09. The Morgan fingerprint density at radius 1 is 1.47 bits per heavy atom. The van der Waals surface area contributed by atoms with Gasteiger partial charge in [-0.05, 0) is 41.1 Å². The van der Waals surface area contributed by atoms with Crippen molar-refractivity contribution in [3.8, 4) is 0 Å². The largest absolute Gasteiger partial charge is 0.465 e. The Balaban J connectivity index is 2.58. The molecule has 17 heavy (non-hydrogen) atoms. The molecule has 0 bridgehead atoms. The molecular formula is C11H11BrClNO3. The highest BCUT2D eigenvalue weighted by molar-refractivity contribution is 9.10. The SMILES string of the molecule is CCOC(=O)CNC(=O)c1ccc(Cl)c(Br)c1. The van der Waals surface area contributed by atoms with E-state index in [1.54, 1.807) is 25.1 Å². The van der Waals surface area contributed by atoms with Crippen molar-refractivity contribution < 1.29 is 14.3 Å². The predicted molar refractivity (Wildman–Crippen MR) is 68.1 cm³/mol. The molecule has 1 amide bonds. The summed E-state index contributed by atoms with van der Waals surface area (Å²) in [5.41, 5.74) is 0.422. The van der Waals surface area contributed by atoms with Gasteiger partial charge in [0.15, 0.2) is 0 Å². The first-order chi connectivity index (χ1) is 8.04. The summed E-state index contributed by atoms with van der Waals surface area (Å²) < 4.78 is 5.31. The molecule has 6 heteroatoms. The fourth-order valence-electron chi connectivity index (χ4n) is 1.10. The number of carbonyl (C=O) groups excluding carboxylic acids is 2. The first-order valence-electron chi connectivity index (χ1n) is 4.93. The van der Waals surface area contributed by atoms with Crippen molar-refractivity contribution in [1.82, 2.24) is 5.32 Å². The zero-order valence-electron chi connectivity index (χ0n) is 9.13. The number of nitrogens with one attached hydrogen (secondary N) is 1. The lowest BCUT2D eigenvalue weighted by molar-refractivity contribution is -0.141. The molecule has 0 saturated carbocycles. The summed E-state index contributed by atoms with van der Waals surface area (Å²) in [7, 11) is 0. The molecule has 0 fully saturated rings. The summed E-state index contributed by atoms with van der Waals surface area (Å²) in [6, 6.07) is 4.77. The van der Waals surface area contributed by atoms with Gasteiger partial charge in [0.05, 0.1) is 11.6 Å². The fraction of sp³-hybridized carbons (Fsp3) is 0.273. The smallest absolute Gasteiger partial charge is 0.325 e. The number of ether oxygens (including phenoxy) is 1. The van der Waals surface area contributed by atoms with Crippen LogP contribution in [0, 0.1) is 0 Å². The molecule has 0 aromatic heterocycles. The van der Waals surface area contributed by atoms with E-state index < -0.39 is 5.97 Å². The van der Waals surface area contributed by atoms with Gasteiger partial charge in [0.1, 0.15) is 6.54 Å². The van der Waals surface area contributed by atoms with Crippen LogP contribution in [-0.2, 0) is 9.53 Å². The van der Waals surface area contributed by atoms with Crippen molar-refractivity contribution in [2.45, 2.75) is 6.92 Å². The van der Waals surface area contributed by atoms with E-state index in [4.69, 9.17) is 11.6 Å². The van der Waals surface area contributed by atoms with Crippen LogP contribution in [0.25, 0.3) is 0 Å². The molecule has 0 aliphatic carbocycles. The number of esters is 1. The van der Waals surface area contributed by atoms with Crippen LogP contribution in [0.4, 0.5) is 0 Å². The average Bonchev–Trinajstić information content (AvgIpc) is 2.30. The monoisotopic (exact) mass is 319 g/mol. The summed E-state index contributed by atoms with van der Waals surface area (Å²) in [5, 5.41) is 2.97. The minimum atomic E-state index is -0.464. The van der Waals surface area contributed by atoms with Gasteiger partial charge < -0.3 is 10.1 Å². The van der Waals surface area contributed by atoms with Crippen LogP contribution in [0.3, 0.4) is 0 Å². The summed E-state index contributed by atoms with van der Waals surface area (Å²) in [4.78, 5) is 22.7.